The van der Waals surface area contributed by atoms with Crippen LogP contribution < -0.4 is 10.6 Å². The van der Waals surface area contributed by atoms with Gasteiger partial charge in [-0.15, -0.1) is 12.4 Å². The van der Waals surface area contributed by atoms with Crippen molar-refractivity contribution in [3.8, 4) is 0 Å². The van der Waals surface area contributed by atoms with Crippen LogP contribution in [0.5, 0.6) is 0 Å². The van der Waals surface area contributed by atoms with Crippen molar-refractivity contribution < 1.29 is 4.79 Å². The molecule has 0 bridgehead atoms. The van der Waals surface area contributed by atoms with Crippen molar-refractivity contribution in [3.63, 3.8) is 0 Å². The molecular formula is C12H15Cl3N2O. The molecule has 1 aromatic rings. The Morgan fingerprint density at radius 2 is 2.00 bits per heavy atom. The summed E-state index contributed by atoms with van der Waals surface area (Å²) in [7, 11) is 0. The summed E-state index contributed by atoms with van der Waals surface area (Å²) < 4.78 is 0. The maximum Gasteiger partial charge on any atom is 0.254 e. The van der Waals surface area contributed by atoms with Crippen molar-refractivity contribution in [2.24, 2.45) is 0 Å². The summed E-state index contributed by atoms with van der Waals surface area (Å²) >= 11 is 12.0. The Balaban J connectivity index is 0.00000162. The van der Waals surface area contributed by atoms with E-state index in [0.717, 1.165) is 25.9 Å². The molecule has 0 spiro atoms. The van der Waals surface area contributed by atoms with E-state index in [-0.39, 0.29) is 24.4 Å². The Morgan fingerprint density at radius 3 is 2.56 bits per heavy atom. The fraction of sp³-hybridized carbons (Fsp3) is 0.417. The zero-order valence-corrected chi connectivity index (χ0v) is 12.0. The van der Waals surface area contributed by atoms with Gasteiger partial charge in [0.2, 0.25) is 0 Å². The lowest BCUT2D eigenvalue weighted by Gasteiger charge is -2.24. The Morgan fingerprint density at radius 1 is 1.33 bits per heavy atom. The SMILES string of the molecule is Cl.O=C(N[C@H]1CCCNC1)c1c(Cl)cccc1Cl. The zero-order valence-electron chi connectivity index (χ0n) is 9.71. The van der Waals surface area contributed by atoms with Crippen LogP contribution >= 0.6 is 35.6 Å². The van der Waals surface area contributed by atoms with Crippen LogP contribution in [0.25, 0.3) is 0 Å². The van der Waals surface area contributed by atoms with Crippen LogP contribution in [0.4, 0.5) is 0 Å². The second-order valence-corrected chi connectivity index (χ2v) is 4.93. The maximum absolute atomic E-state index is 12.0. The number of carbonyl (C=O) groups is 1. The Hall–Kier alpha value is -0.480. The summed E-state index contributed by atoms with van der Waals surface area (Å²) in [6.45, 7) is 1.81. The molecule has 0 aliphatic carbocycles. The molecule has 1 saturated heterocycles. The predicted octanol–water partition coefficient (Wildman–Crippen LogP) is 2.90. The van der Waals surface area contributed by atoms with Gasteiger partial charge in [0.05, 0.1) is 15.6 Å². The summed E-state index contributed by atoms with van der Waals surface area (Å²) in [4.78, 5) is 12.0. The van der Waals surface area contributed by atoms with Crippen molar-refractivity contribution in [2.75, 3.05) is 13.1 Å². The summed E-state index contributed by atoms with van der Waals surface area (Å²) in [5, 5.41) is 6.96. The van der Waals surface area contributed by atoms with E-state index in [2.05, 4.69) is 10.6 Å². The lowest BCUT2D eigenvalue weighted by atomic mass is 10.1. The number of amides is 1. The van der Waals surface area contributed by atoms with Crippen LogP contribution in [0.2, 0.25) is 10.0 Å². The molecule has 2 N–H and O–H groups in total. The van der Waals surface area contributed by atoms with Crippen LogP contribution in [0, 0.1) is 0 Å². The van der Waals surface area contributed by atoms with E-state index >= 15 is 0 Å². The molecule has 2 rings (SSSR count). The number of piperidine rings is 1. The Bertz CT molecular complexity index is 400. The third kappa shape index (κ3) is 3.75. The van der Waals surface area contributed by atoms with Gasteiger partial charge in [-0.1, -0.05) is 29.3 Å². The second kappa shape index (κ2) is 7.19. The molecule has 1 aliphatic rings. The van der Waals surface area contributed by atoms with Crippen molar-refractivity contribution in [2.45, 2.75) is 18.9 Å². The van der Waals surface area contributed by atoms with E-state index in [0.29, 0.717) is 15.6 Å². The molecule has 1 fully saturated rings. The van der Waals surface area contributed by atoms with Crippen LogP contribution in [0.1, 0.15) is 23.2 Å². The Kier molecular flexibility index (Phi) is 6.22. The first kappa shape index (κ1) is 15.6. The van der Waals surface area contributed by atoms with Crippen molar-refractivity contribution >= 4 is 41.5 Å². The highest BCUT2D eigenvalue weighted by molar-refractivity contribution is 6.39. The lowest BCUT2D eigenvalue weighted by molar-refractivity contribution is 0.0931. The third-order valence-corrected chi connectivity index (χ3v) is 3.45. The molecule has 0 aromatic heterocycles. The van der Waals surface area contributed by atoms with Gasteiger partial charge in [-0.2, -0.15) is 0 Å². The van der Waals surface area contributed by atoms with E-state index < -0.39 is 0 Å². The number of benzene rings is 1. The van der Waals surface area contributed by atoms with E-state index in [4.69, 9.17) is 23.2 Å². The summed E-state index contributed by atoms with van der Waals surface area (Å²) in [6.07, 6.45) is 2.06. The average molecular weight is 310 g/mol. The van der Waals surface area contributed by atoms with Gasteiger partial charge in [0.25, 0.3) is 5.91 Å². The fourth-order valence-electron chi connectivity index (χ4n) is 1.95. The molecule has 0 saturated carbocycles. The molecule has 1 atom stereocenters. The van der Waals surface area contributed by atoms with Gasteiger partial charge in [-0.05, 0) is 31.5 Å². The Labute approximate surface area is 123 Å². The summed E-state index contributed by atoms with van der Waals surface area (Å²) in [5.74, 6) is -0.200. The van der Waals surface area contributed by atoms with Crippen molar-refractivity contribution in [1.29, 1.82) is 0 Å². The van der Waals surface area contributed by atoms with Crippen molar-refractivity contribution in [1.82, 2.24) is 10.6 Å². The topological polar surface area (TPSA) is 41.1 Å². The van der Waals surface area contributed by atoms with Crippen LogP contribution in [0.15, 0.2) is 18.2 Å². The molecule has 6 heteroatoms. The highest BCUT2D eigenvalue weighted by Gasteiger charge is 2.19. The number of carbonyl (C=O) groups excluding carboxylic acids is 1. The highest BCUT2D eigenvalue weighted by Crippen LogP contribution is 2.24. The lowest BCUT2D eigenvalue weighted by Crippen LogP contribution is -2.45. The zero-order chi connectivity index (χ0) is 12.3. The van der Waals surface area contributed by atoms with Gasteiger partial charge in [0, 0.05) is 12.6 Å². The standard InChI is InChI=1S/C12H14Cl2N2O.ClH/c13-9-4-1-5-10(14)11(9)12(17)16-8-3-2-6-15-7-8;/h1,4-5,8,15H,2-3,6-7H2,(H,16,17);1H/t8-;/m0./s1. The molecular weight excluding hydrogens is 295 g/mol. The molecule has 18 heavy (non-hydrogen) atoms. The van der Waals surface area contributed by atoms with E-state index in [1.807, 2.05) is 0 Å². The first-order chi connectivity index (χ1) is 8.18. The minimum absolute atomic E-state index is 0. The van der Waals surface area contributed by atoms with Crippen LogP contribution in [0.3, 0.4) is 0 Å². The molecule has 0 radical (unpaired) electrons. The minimum atomic E-state index is -0.200. The van der Waals surface area contributed by atoms with E-state index in [9.17, 15) is 4.79 Å². The minimum Gasteiger partial charge on any atom is -0.348 e. The van der Waals surface area contributed by atoms with Gasteiger partial charge in [0.1, 0.15) is 0 Å². The first-order valence-corrected chi connectivity index (χ1v) is 6.39. The van der Waals surface area contributed by atoms with Gasteiger partial charge in [-0.3, -0.25) is 4.79 Å². The van der Waals surface area contributed by atoms with Gasteiger partial charge in [-0.25, -0.2) is 0 Å². The monoisotopic (exact) mass is 308 g/mol. The number of halogens is 3. The smallest absolute Gasteiger partial charge is 0.254 e. The molecule has 1 aliphatic heterocycles. The quantitative estimate of drug-likeness (QED) is 0.882. The summed E-state index contributed by atoms with van der Waals surface area (Å²) in [5.41, 5.74) is 0.362. The number of rotatable bonds is 2. The molecule has 3 nitrogen and oxygen atoms in total. The third-order valence-electron chi connectivity index (χ3n) is 2.82. The van der Waals surface area contributed by atoms with Gasteiger partial charge in [0.15, 0.2) is 0 Å². The van der Waals surface area contributed by atoms with Gasteiger partial charge >= 0.3 is 0 Å². The van der Waals surface area contributed by atoms with Gasteiger partial charge < -0.3 is 10.6 Å². The largest absolute Gasteiger partial charge is 0.348 e. The molecule has 1 amide bonds. The number of nitrogens with one attached hydrogen (secondary N) is 2. The second-order valence-electron chi connectivity index (χ2n) is 4.11. The summed E-state index contributed by atoms with van der Waals surface area (Å²) in [6, 6.07) is 5.22. The first-order valence-electron chi connectivity index (χ1n) is 5.64. The van der Waals surface area contributed by atoms with Crippen LogP contribution in [-0.4, -0.2) is 25.0 Å². The number of hydrogen-bond donors (Lipinski definition) is 2. The molecule has 100 valence electrons. The molecule has 1 heterocycles. The van der Waals surface area contributed by atoms with E-state index in [1.165, 1.54) is 0 Å². The molecule has 1 aromatic carbocycles. The fourth-order valence-corrected chi connectivity index (χ4v) is 2.52. The normalized spacial score (nSPS) is 18.9. The van der Waals surface area contributed by atoms with Crippen molar-refractivity contribution in [3.05, 3.63) is 33.8 Å². The van der Waals surface area contributed by atoms with E-state index in [1.54, 1.807) is 18.2 Å². The predicted molar refractivity (Wildman–Crippen MR) is 77.1 cm³/mol. The molecule has 0 unspecified atom stereocenters. The maximum atomic E-state index is 12.0. The number of hydrogen-bond acceptors (Lipinski definition) is 2. The van der Waals surface area contributed by atoms with Crippen LogP contribution in [-0.2, 0) is 0 Å². The average Bonchev–Trinajstić information content (AvgIpc) is 2.30. The highest BCUT2D eigenvalue weighted by atomic mass is 35.5.